The molecule has 1 aromatic carbocycles. The molecule has 1 rings (SSSR count). The Morgan fingerprint density at radius 1 is 1.44 bits per heavy atom. The molecule has 100 valence electrons. The van der Waals surface area contributed by atoms with Crippen LogP contribution in [-0.4, -0.2) is 41.1 Å². The maximum Gasteiger partial charge on any atom is 0.269 e. The summed E-state index contributed by atoms with van der Waals surface area (Å²) in [6.45, 7) is -0.454. The number of hydrogen-bond acceptors (Lipinski definition) is 4. The van der Waals surface area contributed by atoms with Crippen LogP contribution in [0.4, 0.5) is 14.5 Å². The first-order valence-corrected chi connectivity index (χ1v) is 5.37. The minimum atomic E-state index is -2.50. The lowest BCUT2D eigenvalue weighted by Gasteiger charge is -2.20. The third-order valence-corrected chi connectivity index (χ3v) is 2.34. The van der Waals surface area contributed by atoms with Gasteiger partial charge in [0.05, 0.1) is 18.1 Å². The molecule has 5 nitrogen and oxygen atoms in total. The maximum atomic E-state index is 12.3. The average Bonchev–Trinajstić information content (AvgIpc) is 2.28. The van der Waals surface area contributed by atoms with Crippen LogP contribution in [0, 0.1) is 10.1 Å². The van der Waals surface area contributed by atoms with Gasteiger partial charge in [0.15, 0.2) is 0 Å². The molecular formula is C11H14F2N2O3. The highest BCUT2D eigenvalue weighted by molar-refractivity contribution is 5.34. The minimum Gasteiger partial charge on any atom is -0.395 e. The third-order valence-electron chi connectivity index (χ3n) is 2.34. The second-order valence-corrected chi connectivity index (χ2v) is 3.78. The summed E-state index contributed by atoms with van der Waals surface area (Å²) in [5.74, 6) is 0. The maximum absolute atomic E-state index is 12.3. The second-order valence-electron chi connectivity index (χ2n) is 3.78. The molecule has 1 aromatic rings. The molecule has 1 N–H and O–H groups in total. The lowest BCUT2D eigenvalue weighted by molar-refractivity contribution is -0.384. The number of nitro benzene ring substituents is 1. The summed E-state index contributed by atoms with van der Waals surface area (Å²) < 4.78 is 24.6. The van der Waals surface area contributed by atoms with Gasteiger partial charge in [0.2, 0.25) is 0 Å². The number of hydrogen-bond donors (Lipinski definition) is 1. The summed E-state index contributed by atoms with van der Waals surface area (Å²) in [5, 5.41) is 19.3. The highest BCUT2D eigenvalue weighted by Gasteiger charge is 2.13. The van der Waals surface area contributed by atoms with Gasteiger partial charge in [-0.25, -0.2) is 8.78 Å². The zero-order valence-corrected chi connectivity index (χ0v) is 9.63. The first kappa shape index (κ1) is 14.5. The van der Waals surface area contributed by atoms with Gasteiger partial charge in [0.25, 0.3) is 12.1 Å². The van der Waals surface area contributed by atoms with E-state index in [1.54, 1.807) is 6.07 Å². The van der Waals surface area contributed by atoms with Crippen molar-refractivity contribution in [1.29, 1.82) is 0 Å². The van der Waals surface area contributed by atoms with Gasteiger partial charge in [-0.2, -0.15) is 0 Å². The number of rotatable bonds is 7. The summed E-state index contributed by atoms with van der Waals surface area (Å²) in [6, 6.07) is 5.82. The highest BCUT2D eigenvalue weighted by Crippen LogP contribution is 2.15. The first-order valence-electron chi connectivity index (χ1n) is 5.37. The van der Waals surface area contributed by atoms with Crippen LogP contribution >= 0.6 is 0 Å². The number of aliphatic hydroxyl groups is 1. The lowest BCUT2D eigenvalue weighted by Crippen LogP contribution is -2.31. The topological polar surface area (TPSA) is 66.6 Å². The molecular weight excluding hydrogens is 246 g/mol. The van der Waals surface area contributed by atoms with Gasteiger partial charge >= 0.3 is 0 Å². The zero-order valence-electron chi connectivity index (χ0n) is 9.63. The molecule has 0 aliphatic carbocycles. The molecule has 0 amide bonds. The predicted octanol–water partition coefficient (Wildman–Crippen LogP) is 1.65. The molecule has 0 saturated heterocycles. The number of aliphatic hydroxyl groups excluding tert-OH is 1. The summed E-state index contributed by atoms with van der Waals surface area (Å²) in [5.41, 5.74) is 0.492. The molecule has 0 radical (unpaired) electrons. The van der Waals surface area contributed by atoms with Gasteiger partial charge in [-0.1, -0.05) is 12.1 Å². The third kappa shape index (κ3) is 4.72. The van der Waals surface area contributed by atoms with E-state index in [0.29, 0.717) is 5.56 Å². The van der Waals surface area contributed by atoms with Crippen LogP contribution in [0.15, 0.2) is 24.3 Å². The van der Waals surface area contributed by atoms with Gasteiger partial charge in [-0.3, -0.25) is 15.0 Å². The Hall–Kier alpha value is -1.60. The molecule has 0 heterocycles. The fourth-order valence-electron chi connectivity index (χ4n) is 1.60. The average molecular weight is 260 g/mol. The molecule has 0 spiro atoms. The molecule has 0 aliphatic heterocycles. The van der Waals surface area contributed by atoms with E-state index in [1.165, 1.54) is 23.1 Å². The monoisotopic (exact) mass is 260 g/mol. The molecule has 18 heavy (non-hydrogen) atoms. The van der Waals surface area contributed by atoms with Gasteiger partial charge in [-0.05, 0) is 5.56 Å². The van der Waals surface area contributed by atoms with Crippen molar-refractivity contribution in [3.63, 3.8) is 0 Å². The highest BCUT2D eigenvalue weighted by atomic mass is 19.3. The van der Waals surface area contributed by atoms with Crippen molar-refractivity contribution in [1.82, 2.24) is 4.90 Å². The van der Waals surface area contributed by atoms with Gasteiger partial charge in [0, 0.05) is 25.2 Å². The van der Waals surface area contributed by atoms with Crippen LogP contribution in [-0.2, 0) is 6.54 Å². The van der Waals surface area contributed by atoms with Crippen LogP contribution in [0.1, 0.15) is 5.56 Å². The number of non-ortho nitro benzene ring substituents is 1. The van der Waals surface area contributed by atoms with E-state index < -0.39 is 17.9 Å². The van der Waals surface area contributed by atoms with Crippen molar-refractivity contribution in [3.05, 3.63) is 39.9 Å². The van der Waals surface area contributed by atoms with Crippen LogP contribution in [0.25, 0.3) is 0 Å². The molecule has 0 aliphatic rings. The van der Waals surface area contributed by atoms with E-state index >= 15 is 0 Å². The van der Waals surface area contributed by atoms with Crippen molar-refractivity contribution < 1.29 is 18.8 Å². The van der Waals surface area contributed by atoms with E-state index in [2.05, 4.69) is 0 Å². The van der Waals surface area contributed by atoms with Crippen LogP contribution in [0.3, 0.4) is 0 Å². The van der Waals surface area contributed by atoms with E-state index in [1.807, 2.05) is 0 Å². The molecule has 0 unspecified atom stereocenters. The zero-order chi connectivity index (χ0) is 13.5. The summed E-state index contributed by atoms with van der Waals surface area (Å²) in [6.07, 6.45) is -2.50. The Labute approximate surface area is 103 Å². The van der Waals surface area contributed by atoms with Gasteiger partial charge in [-0.15, -0.1) is 0 Å². The first-order chi connectivity index (χ1) is 8.52. The molecule has 0 bridgehead atoms. The molecule has 0 atom stereocenters. The summed E-state index contributed by atoms with van der Waals surface area (Å²) in [4.78, 5) is 11.4. The van der Waals surface area contributed by atoms with Crippen molar-refractivity contribution >= 4 is 5.69 Å². The molecule has 0 fully saturated rings. The Morgan fingerprint density at radius 2 is 2.17 bits per heavy atom. The quantitative estimate of drug-likeness (QED) is 0.598. The van der Waals surface area contributed by atoms with Gasteiger partial charge < -0.3 is 5.11 Å². The molecule has 7 heteroatoms. The number of halogens is 2. The summed E-state index contributed by atoms with van der Waals surface area (Å²) >= 11 is 0. The Morgan fingerprint density at radius 3 is 2.72 bits per heavy atom. The normalized spacial score (nSPS) is 11.2. The predicted molar refractivity (Wildman–Crippen MR) is 61.5 cm³/mol. The number of nitrogens with zero attached hydrogens (tertiary/aromatic N) is 2. The standard InChI is InChI=1S/C11H14F2N2O3/c12-11(13)8-14(4-5-16)7-9-2-1-3-10(6-9)15(17)18/h1-3,6,11,16H,4-5,7-8H2. The SMILES string of the molecule is O=[N+]([O-])c1cccc(CN(CCO)CC(F)F)c1. The van der Waals surface area contributed by atoms with E-state index in [0.717, 1.165) is 0 Å². The van der Waals surface area contributed by atoms with Crippen LogP contribution < -0.4 is 0 Å². The lowest BCUT2D eigenvalue weighted by atomic mass is 10.2. The van der Waals surface area contributed by atoms with E-state index in [-0.39, 0.29) is 25.4 Å². The summed E-state index contributed by atoms with van der Waals surface area (Å²) in [7, 11) is 0. The van der Waals surface area contributed by atoms with E-state index in [4.69, 9.17) is 5.11 Å². The number of benzene rings is 1. The van der Waals surface area contributed by atoms with E-state index in [9.17, 15) is 18.9 Å². The van der Waals surface area contributed by atoms with Crippen LogP contribution in [0.2, 0.25) is 0 Å². The van der Waals surface area contributed by atoms with Crippen molar-refractivity contribution in [2.45, 2.75) is 13.0 Å². The number of alkyl halides is 2. The Bertz CT molecular complexity index is 402. The number of nitro groups is 1. The molecule has 0 aromatic heterocycles. The molecule has 0 saturated carbocycles. The van der Waals surface area contributed by atoms with Gasteiger partial charge in [0.1, 0.15) is 0 Å². The largest absolute Gasteiger partial charge is 0.395 e. The van der Waals surface area contributed by atoms with Crippen LogP contribution in [0.5, 0.6) is 0 Å². The van der Waals surface area contributed by atoms with Crippen molar-refractivity contribution in [2.24, 2.45) is 0 Å². The minimum absolute atomic E-state index is 0.0755. The fraction of sp³-hybridized carbons (Fsp3) is 0.455. The smallest absolute Gasteiger partial charge is 0.269 e. The Kier molecular flexibility index (Phi) is 5.60. The van der Waals surface area contributed by atoms with Crippen molar-refractivity contribution in [3.8, 4) is 0 Å². The fourth-order valence-corrected chi connectivity index (χ4v) is 1.60. The Balaban J connectivity index is 2.73. The van der Waals surface area contributed by atoms with Crippen molar-refractivity contribution in [2.75, 3.05) is 19.7 Å². The second kappa shape index (κ2) is 6.97.